The Hall–Kier alpha value is -0.530. The molecule has 0 spiro atoms. The van der Waals surface area contributed by atoms with Gasteiger partial charge in [-0.05, 0) is 18.8 Å². The van der Waals surface area contributed by atoms with Gasteiger partial charge in [-0.1, -0.05) is 201 Å². The Kier molecular flexibility index (Phi) is 33.2. The number of esters is 1. The van der Waals surface area contributed by atoms with Gasteiger partial charge in [-0.25, -0.2) is 0 Å². The van der Waals surface area contributed by atoms with E-state index in [1.807, 2.05) is 0 Å². The second-order valence-corrected chi connectivity index (χ2v) is 13.1. The monoisotopic (exact) mass is 551 g/mol. The molecule has 0 saturated carbocycles. The third kappa shape index (κ3) is 35.4. The van der Waals surface area contributed by atoms with Gasteiger partial charge in [0.2, 0.25) is 0 Å². The van der Waals surface area contributed by atoms with Crippen LogP contribution in [0.5, 0.6) is 0 Å². The predicted molar refractivity (Wildman–Crippen MR) is 175 cm³/mol. The second kappa shape index (κ2) is 33.7. The zero-order chi connectivity index (χ0) is 28.5. The van der Waals surface area contributed by atoms with Crippen molar-refractivity contribution < 1.29 is 9.53 Å². The van der Waals surface area contributed by atoms with E-state index in [9.17, 15) is 4.79 Å². The van der Waals surface area contributed by atoms with Gasteiger partial charge in [0.15, 0.2) is 0 Å². The summed E-state index contributed by atoms with van der Waals surface area (Å²) in [4.78, 5) is 11.9. The smallest absolute Gasteiger partial charge is 0.305 e. The van der Waals surface area contributed by atoms with Gasteiger partial charge in [-0.2, -0.15) is 0 Å². The highest BCUT2D eigenvalue weighted by molar-refractivity contribution is 5.69. The number of unbranched alkanes of at least 4 members (excludes halogenated alkanes) is 27. The van der Waals surface area contributed by atoms with Crippen molar-refractivity contribution in [2.75, 3.05) is 6.61 Å². The molecule has 0 N–H and O–H groups in total. The third-order valence-electron chi connectivity index (χ3n) is 8.42. The van der Waals surface area contributed by atoms with E-state index in [0.29, 0.717) is 13.0 Å². The number of hydrogen-bond donors (Lipinski definition) is 0. The number of carbonyl (C=O) groups excluding carboxylic acids is 1. The first-order valence-corrected chi connectivity index (χ1v) is 18.3. The van der Waals surface area contributed by atoms with Crippen molar-refractivity contribution in [3.8, 4) is 0 Å². The fourth-order valence-corrected chi connectivity index (χ4v) is 5.67. The van der Waals surface area contributed by atoms with Crippen molar-refractivity contribution >= 4 is 5.97 Å². The van der Waals surface area contributed by atoms with E-state index in [-0.39, 0.29) is 5.97 Å². The summed E-state index contributed by atoms with van der Waals surface area (Å²) in [5.41, 5.74) is 0. The average molecular weight is 551 g/mol. The number of hydrogen-bond acceptors (Lipinski definition) is 2. The van der Waals surface area contributed by atoms with Crippen molar-refractivity contribution in [2.24, 2.45) is 5.92 Å². The lowest BCUT2D eigenvalue weighted by molar-refractivity contribution is -0.143. The first-order chi connectivity index (χ1) is 19.2. The van der Waals surface area contributed by atoms with Gasteiger partial charge in [0, 0.05) is 6.42 Å². The van der Waals surface area contributed by atoms with Gasteiger partial charge in [-0.3, -0.25) is 4.79 Å². The van der Waals surface area contributed by atoms with Gasteiger partial charge >= 0.3 is 5.97 Å². The Morgan fingerprint density at radius 1 is 0.436 bits per heavy atom. The lowest BCUT2D eigenvalue weighted by Gasteiger charge is -2.06. The van der Waals surface area contributed by atoms with Crippen LogP contribution < -0.4 is 0 Å². The summed E-state index contributed by atoms with van der Waals surface area (Å²) in [5.74, 6) is 0.882. The summed E-state index contributed by atoms with van der Waals surface area (Å²) < 4.78 is 5.44. The average Bonchev–Trinajstić information content (AvgIpc) is 2.92. The van der Waals surface area contributed by atoms with Crippen LogP contribution in [-0.2, 0) is 9.53 Å². The van der Waals surface area contributed by atoms with E-state index in [4.69, 9.17) is 4.74 Å². The van der Waals surface area contributed by atoms with Gasteiger partial charge in [0.1, 0.15) is 0 Å². The molecule has 0 aromatic heterocycles. The minimum Gasteiger partial charge on any atom is -0.466 e. The topological polar surface area (TPSA) is 26.3 Å². The molecule has 0 bridgehead atoms. The molecule has 0 rings (SSSR count). The Morgan fingerprint density at radius 3 is 1.10 bits per heavy atom. The molecule has 2 heteroatoms. The van der Waals surface area contributed by atoms with Crippen LogP contribution in [0.2, 0.25) is 0 Å². The fraction of sp³-hybridized carbons (Fsp3) is 0.973. The van der Waals surface area contributed by atoms with E-state index in [2.05, 4.69) is 20.8 Å². The summed E-state index contributed by atoms with van der Waals surface area (Å²) >= 11 is 0. The molecule has 0 aromatic carbocycles. The van der Waals surface area contributed by atoms with E-state index >= 15 is 0 Å². The standard InChI is InChI=1S/C37H74O2/c1-4-5-6-7-8-9-10-11-12-13-14-15-16-17-18-19-23-26-29-32-35-39-37(38)34-31-28-25-22-20-21-24-27-30-33-36(2)3/h36H,4-35H2,1-3H3. The molecule has 0 saturated heterocycles. The van der Waals surface area contributed by atoms with Crippen molar-refractivity contribution in [1.29, 1.82) is 0 Å². The highest BCUT2D eigenvalue weighted by atomic mass is 16.5. The first-order valence-electron chi connectivity index (χ1n) is 18.3. The number of ether oxygens (including phenoxy) is 1. The minimum atomic E-state index is 0.0259. The van der Waals surface area contributed by atoms with Gasteiger partial charge in [0.25, 0.3) is 0 Å². The highest BCUT2D eigenvalue weighted by Gasteiger charge is 2.03. The van der Waals surface area contributed by atoms with Gasteiger partial charge in [0.05, 0.1) is 6.61 Å². The molecule has 0 amide bonds. The molecular weight excluding hydrogens is 476 g/mol. The molecule has 2 nitrogen and oxygen atoms in total. The van der Waals surface area contributed by atoms with E-state index < -0.39 is 0 Å². The Bertz CT molecular complexity index is 458. The maximum absolute atomic E-state index is 11.9. The zero-order valence-corrected chi connectivity index (χ0v) is 27.5. The maximum Gasteiger partial charge on any atom is 0.305 e. The Morgan fingerprint density at radius 2 is 0.744 bits per heavy atom. The summed E-state index contributed by atoms with van der Waals surface area (Å²) in [5, 5.41) is 0. The van der Waals surface area contributed by atoms with Crippen LogP contribution in [0.3, 0.4) is 0 Å². The number of carbonyl (C=O) groups is 1. The van der Waals surface area contributed by atoms with E-state index in [1.165, 1.54) is 180 Å². The van der Waals surface area contributed by atoms with Crippen LogP contribution >= 0.6 is 0 Å². The first kappa shape index (κ1) is 38.5. The number of rotatable bonds is 33. The molecular formula is C37H74O2. The summed E-state index contributed by atoms with van der Waals surface area (Å²) in [6.45, 7) is 7.57. The minimum absolute atomic E-state index is 0.0259. The summed E-state index contributed by atoms with van der Waals surface area (Å²) in [7, 11) is 0. The van der Waals surface area contributed by atoms with Crippen molar-refractivity contribution in [1.82, 2.24) is 0 Å². The van der Waals surface area contributed by atoms with Crippen molar-refractivity contribution in [3.05, 3.63) is 0 Å². The lowest BCUT2D eigenvalue weighted by Crippen LogP contribution is -2.05. The Balaban J connectivity index is 3.14. The largest absolute Gasteiger partial charge is 0.466 e. The van der Waals surface area contributed by atoms with Gasteiger partial charge in [-0.15, -0.1) is 0 Å². The molecule has 39 heavy (non-hydrogen) atoms. The maximum atomic E-state index is 11.9. The van der Waals surface area contributed by atoms with Crippen molar-refractivity contribution in [3.63, 3.8) is 0 Å². The highest BCUT2D eigenvalue weighted by Crippen LogP contribution is 2.16. The van der Waals surface area contributed by atoms with Crippen molar-refractivity contribution in [2.45, 2.75) is 220 Å². The molecule has 0 aliphatic rings. The Labute approximate surface area is 247 Å². The second-order valence-electron chi connectivity index (χ2n) is 13.1. The fourth-order valence-electron chi connectivity index (χ4n) is 5.67. The molecule has 0 atom stereocenters. The zero-order valence-electron chi connectivity index (χ0n) is 27.5. The van der Waals surface area contributed by atoms with E-state index in [1.54, 1.807) is 0 Å². The normalized spacial score (nSPS) is 11.5. The molecule has 0 unspecified atom stereocenters. The molecule has 0 aromatic rings. The summed E-state index contributed by atoms with van der Waals surface area (Å²) in [6, 6.07) is 0. The lowest BCUT2D eigenvalue weighted by atomic mass is 10.0. The van der Waals surface area contributed by atoms with Crippen LogP contribution in [0, 0.1) is 5.92 Å². The SMILES string of the molecule is CCCCCCCCCCCCCCCCCCCCCCOC(=O)CCCCCCCCCCCC(C)C. The van der Waals surface area contributed by atoms with E-state index in [0.717, 1.165) is 18.8 Å². The molecule has 0 aliphatic carbocycles. The molecule has 0 fully saturated rings. The third-order valence-corrected chi connectivity index (χ3v) is 8.42. The van der Waals surface area contributed by atoms with Crippen LogP contribution in [0.15, 0.2) is 0 Å². The van der Waals surface area contributed by atoms with Crippen LogP contribution in [0.4, 0.5) is 0 Å². The quantitative estimate of drug-likeness (QED) is 0.0600. The summed E-state index contributed by atoms with van der Waals surface area (Å²) in [6.07, 6.45) is 41.7. The molecule has 0 aliphatic heterocycles. The van der Waals surface area contributed by atoms with Crippen LogP contribution in [0.1, 0.15) is 220 Å². The van der Waals surface area contributed by atoms with Crippen LogP contribution in [0.25, 0.3) is 0 Å². The molecule has 0 radical (unpaired) electrons. The predicted octanol–water partition coefficient (Wildman–Crippen LogP) is 13.3. The van der Waals surface area contributed by atoms with Crippen LogP contribution in [-0.4, -0.2) is 12.6 Å². The molecule has 234 valence electrons. The molecule has 0 heterocycles. The van der Waals surface area contributed by atoms with Gasteiger partial charge < -0.3 is 4.74 Å².